The number of amides is 1. The van der Waals surface area contributed by atoms with Crippen LogP contribution in [0.2, 0.25) is 0 Å². The Hall–Kier alpha value is -1.52. The maximum Gasteiger partial charge on any atom is 0.290 e. The molecule has 1 amide bonds. The van der Waals surface area contributed by atoms with Crippen molar-refractivity contribution in [2.24, 2.45) is 0 Å². The minimum absolute atomic E-state index is 0.126. The van der Waals surface area contributed by atoms with Crippen LogP contribution in [0.3, 0.4) is 0 Å². The molecule has 1 aliphatic heterocycles. The lowest BCUT2D eigenvalue weighted by molar-refractivity contribution is 0.0907. The van der Waals surface area contributed by atoms with Gasteiger partial charge in [-0.1, -0.05) is 0 Å². The van der Waals surface area contributed by atoms with Crippen LogP contribution in [0.15, 0.2) is 9.32 Å². The van der Waals surface area contributed by atoms with E-state index in [0.29, 0.717) is 18.5 Å². The first-order chi connectivity index (χ1) is 5.29. The SMILES string of the molecule is O=C1NCCc2c1o[nH]c2=O. The average Bonchev–Trinajstić information content (AvgIpc) is 2.35. The molecule has 2 rings (SSSR count). The van der Waals surface area contributed by atoms with Crippen molar-refractivity contribution in [3.05, 3.63) is 21.7 Å². The number of fused-ring (bicyclic) bond motifs is 1. The van der Waals surface area contributed by atoms with E-state index >= 15 is 0 Å². The van der Waals surface area contributed by atoms with Gasteiger partial charge in [0.1, 0.15) is 0 Å². The molecule has 5 heteroatoms. The van der Waals surface area contributed by atoms with Gasteiger partial charge in [0.15, 0.2) is 0 Å². The van der Waals surface area contributed by atoms with Crippen molar-refractivity contribution in [2.75, 3.05) is 6.54 Å². The second kappa shape index (κ2) is 1.98. The van der Waals surface area contributed by atoms with Crippen LogP contribution in [0, 0.1) is 0 Å². The van der Waals surface area contributed by atoms with Crippen LogP contribution in [-0.4, -0.2) is 17.6 Å². The van der Waals surface area contributed by atoms with E-state index in [9.17, 15) is 9.59 Å². The summed E-state index contributed by atoms with van der Waals surface area (Å²) in [6, 6.07) is 0. The molecular weight excluding hydrogens is 148 g/mol. The van der Waals surface area contributed by atoms with Gasteiger partial charge in [0.05, 0.1) is 5.56 Å². The molecule has 2 N–H and O–H groups in total. The summed E-state index contributed by atoms with van der Waals surface area (Å²) in [6.45, 7) is 0.508. The van der Waals surface area contributed by atoms with Gasteiger partial charge in [0.25, 0.3) is 11.5 Å². The number of carbonyl (C=O) groups is 1. The highest BCUT2D eigenvalue weighted by Gasteiger charge is 2.23. The first kappa shape index (κ1) is 6.21. The van der Waals surface area contributed by atoms with Crippen LogP contribution < -0.4 is 10.9 Å². The van der Waals surface area contributed by atoms with Crippen LogP contribution >= 0.6 is 0 Å². The Bertz CT molecular complexity index is 349. The highest BCUT2D eigenvalue weighted by atomic mass is 16.5. The smallest absolute Gasteiger partial charge is 0.290 e. The lowest BCUT2D eigenvalue weighted by Crippen LogP contribution is -2.32. The van der Waals surface area contributed by atoms with Gasteiger partial charge in [-0.05, 0) is 6.42 Å². The molecule has 2 heterocycles. The molecule has 0 saturated heterocycles. The second-order valence-corrected chi connectivity index (χ2v) is 2.35. The standard InChI is InChI=1S/C6H6N2O3/c9-5-3-1-2-7-6(10)4(3)11-8-5/h1-2H2,(H,7,10)(H,8,9). The lowest BCUT2D eigenvalue weighted by atomic mass is 10.1. The van der Waals surface area contributed by atoms with Gasteiger partial charge >= 0.3 is 0 Å². The van der Waals surface area contributed by atoms with Gasteiger partial charge in [-0.3, -0.25) is 9.59 Å². The number of hydrogen-bond donors (Lipinski definition) is 2. The van der Waals surface area contributed by atoms with Gasteiger partial charge in [-0.25, -0.2) is 0 Å². The minimum atomic E-state index is -0.315. The van der Waals surface area contributed by atoms with Gasteiger partial charge in [0, 0.05) is 6.54 Å². The van der Waals surface area contributed by atoms with Crippen LogP contribution in [0.4, 0.5) is 0 Å². The Morgan fingerprint density at radius 2 is 2.18 bits per heavy atom. The maximum absolute atomic E-state index is 10.9. The molecule has 1 aliphatic rings. The molecule has 5 nitrogen and oxygen atoms in total. The van der Waals surface area contributed by atoms with E-state index < -0.39 is 0 Å². The molecule has 0 unspecified atom stereocenters. The monoisotopic (exact) mass is 154 g/mol. The van der Waals surface area contributed by atoms with Crippen molar-refractivity contribution < 1.29 is 9.32 Å². The van der Waals surface area contributed by atoms with Crippen LogP contribution in [0.1, 0.15) is 16.1 Å². The normalized spacial score (nSPS) is 15.8. The maximum atomic E-state index is 10.9. The van der Waals surface area contributed by atoms with Crippen molar-refractivity contribution in [3.8, 4) is 0 Å². The third-order valence-corrected chi connectivity index (χ3v) is 1.66. The summed E-state index contributed by atoms with van der Waals surface area (Å²) < 4.78 is 4.65. The molecule has 0 fully saturated rings. The van der Waals surface area contributed by atoms with E-state index in [2.05, 4.69) is 15.0 Å². The third-order valence-electron chi connectivity index (χ3n) is 1.66. The van der Waals surface area contributed by atoms with E-state index in [1.807, 2.05) is 0 Å². The van der Waals surface area contributed by atoms with Gasteiger partial charge in [0.2, 0.25) is 5.76 Å². The number of carbonyl (C=O) groups excluding carboxylic acids is 1. The Labute approximate surface area is 61.4 Å². The summed E-state index contributed by atoms with van der Waals surface area (Å²) in [5.74, 6) is -0.189. The fraction of sp³-hybridized carbons (Fsp3) is 0.333. The molecule has 0 aromatic carbocycles. The average molecular weight is 154 g/mol. The molecule has 1 aromatic heterocycles. The number of aromatic nitrogens is 1. The summed E-state index contributed by atoms with van der Waals surface area (Å²) in [4.78, 5) is 21.8. The first-order valence-corrected chi connectivity index (χ1v) is 3.27. The van der Waals surface area contributed by atoms with Crippen LogP contribution in [0.5, 0.6) is 0 Å². The Balaban J connectivity index is 2.64. The zero-order valence-corrected chi connectivity index (χ0v) is 5.64. The van der Waals surface area contributed by atoms with E-state index in [0.717, 1.165) is 0 Å². The predicted molar refractivity (Wildman–Crippen MR) is 35.4 cm³/mol. The summed E-state index contributed by atoms with van der Waals surface area (Å²) in [5, 5.41) is 4.68. The highest BCUT2D eigenvalue weighted by molar-refractivity contribution is 5.93. The van der Waals surface area contributed by atoms with Gasteiger partial charge in [-0.2, -0.15) is 5.16 Å². The van der Waals surface area contributed by atoms with Crippen molar-refractivity contribution in [1.29, 1.82) is 0 Å². The predicted octanol–water partition coefficient (Wildman–Crippen LogP) is -0.746. The van der Waals surface area contributed by atoms with Crippen molar-refractivity contribution in [2.45, 2.75) is 6.42 Å². The molecule has 11 heavy (non-hydrogen) atoms. The van der Waals surface area contributed by atoms with Crippen LogP contribution in [0.25, 0.3) is 0 Å². The fourth-order valence-corrected chi connectivity index (χ4v) is 1.12. The molecule has 0 radical (unpaired) electrons. The zero-order chi connectivity index (χ0) is 7.84. The number of H-pyrrole nitrogens is 1. The van der Waals surface area contributed by atoms with Crippen molar-refractivity contribution >= 4 is 5.91 Å². The Kier molecular flexibility index (Phi) is 1.12. The molecule has 0 saturated carbocycles. The highest BCUT2D eigenvalue weighted by Crippen LogP contribution is 2.07. The fourth-order valence-electron chi connectivity index (χ4n) is 1.12. The first-order valence-electron chi connectivity index (χ1n) is 3.27. The van der Waals surface area contributed by atoms with E-state index in [1.165, 1.54) is 0 Å². The molecule has 0 aliphatic carbocycles. The Morgan fingerprint density at radius 3 is 2.91 bits per heavy atom. The Morgan fingerprint density at radius 1 is 1.36 bits per heavy atom. The molecule has 58 valence electrons. The molecule has 0 bridgehead atoms. The number of aromatic amines is 1. The number of nitrogens with one attached hydrogen (secondary N) is 2. The van der Waals surface area contributed by atoms with E-state index in [4.69, 9.17) is 0 Å². The third kappa shape index (κ3) is 0.772. The van der Waals surface area contributed by atoms with E-state index in [-0.39, 0.29) is 17.2 Å². The summed E-state index contributed by atoms with van der Waals surface area (Å²) in [5.41, 5.74) is 0.156. The second-order valence-electron chi connectivity index (χ2n) is 2.35. The van der Waals surface area contributed by atoms with Crippen LogP contribution in [-0.2, 0) is 6.42 Å². The number of hydrogen-bond acceptors (Lipinski definition) is 3. The summed E-state index contributed by atoms with van der Waals surface area (Å²) >= 11 is 0. The molecule has 0 atom stereocenters. The quantitative estimate of drug-likeness (QED) is 0.516. The van der Waals surface area contributed by atoms with Gasteiger partial charge in [-0.15, -0.1) is 0 Å². The van der Waals surface area contributed by atoms with Crippen molar-refractivity contribution in [1.82, 2.24) is 10.5 Å². The molecule has 1 aromatic rings. The lowest BCUT2D eigenvalue weighted by Gasteiger charge is -2.07. The molecule has 0 spiro atoms. The van der Waals surface area contributed by atoms with Crippen molar-refractivity contribution in [3.63, 3.8) is 0 Å². The van der Waals surface area contributed by atoms with E-state index in [1.54, 1.807) is 0 Å². The number of rotatable bonds is 0. The summed E-state index contributed by atoms with van der Waals surface area (Å²) in [7, 11) is 0. The minimum Gasteiger partial charge on any atom is -0.373 e. The zero-order valence-electron chi connectivity index (χ0n) is 5.64. The van der Waals surface area contributed by atoms with Gasteiger partial charge < -0.3 is 9.84 Å². The topological polar surface area (TPSA) is 75.1 Å². The largest absolute Gasteiger partial charge is 0.373 e. The summed E-state index contributed by atoms with van der Waals surface area (Å²) in [6.07, 6.45) is 0.549. The molecular formula is C6H6N2O3.